The molecule has 0 rings (SSSR count). The van der Waals surface area contributed by atoms with Crippen LogP contribution in [0.4, 0.5) is 0 Å². The van der Waals surface area contributed by atoms with Gasteiger partial charge in [-0.3, -0.25) is 4.99 Å². The highest BCUT2D eigenvalue weighted by Crippen LogP contribution is 1.97. The highest BCUT2D eigenvalue weighted by atomic mass is 127. The van der Waals surface area contributed by atoms with Crippen molar-refractivity contribution in [1.82, 2.24) is 15.5 Å². The summed E-state index contributed by atoms with van der Waals surface area (Å²) in [7, 11) is 3.99. The van der Waals surface area contributed by atoms with Gasteiger partial charge in [-0.25, -0.2) is 0 Å². The van der Waals surface area contributed by atoms with Crippen LogP contribution in [0.3, 0.4) is 0 Å². The Kier molecular flexibility index (Phi) is 18.0. The highest BCUT2D eigenvalue weighted by molar-refractivity contribution is 14.0. The van der Waals surface area contributed by atoms with Crippen molar-refractivity contribution in [2.45, 2.75) is 46.1 Å². The molecule has 0 bridgehead atoms. The number of unbranched alkanes of at least 4 members (excludes halogenated alkanes) is 1. The fourth-order valence-electron chi connectivity index (χ4n) is 1.70. The third kappa shape index (κ3) is 14.6. The number of ether oxygens (including phenoxy) is 1. The molecule has 0 fully saturated rings. The van der Waals surface area contributed by atoms with Gasteiger partial charge in [0.1, 0.15) is 0 Å². The molecule has 0 radical (unpaired) electrons. The lowest BCUT2D eigenvalue weighted by Crippen LogP contribution is -2.38. The zero-order valence-electron chi connectivity index (χ0n) is 14.4. The van der Waals surface area contributed by atoms with Crippen LogP contribution >= 0.6 is 24.0 Å². The van der Waals surface area contributed by atoms with Gasteiger partial charge in [0.25, 0.3) is 0 Å². The summed E-state index contributed by atoms with van der Waals surface area (Å²) in [5.74, 6) is 0.888. The average Bonchev–Trinajstić information content (AvgIpc) is 2.44. The highest BCUT2D eigenvalue weighted by Gasteiger charge is 2.02. The summed E-state index contributed by atoms with van der Waals surface area (Å²) in [5, 5.41) is 6.64. The molecule has 5 nitrogen and oxygen atoms in total. The van der Waals surface area contributed by atoms with Crippen molar-refractivity contribution in [2.24, 2.45) is 4.99 Å². The van der Waals surface area contributed by atoms with Crippen LogP contribution in [0, 0.1) is 0 Å². The van der Waals surface area contributed by atoms with Crippen LogP contribution in [0.5, 0.6) is 0 Å². The van der Waals surface area contributed by atoms with Crippen molar-refractivity contribution in [2.75, 3.05) is 46.9 Å². The van der Waals surface area contributed by atoms with E-state index in [4.69, 9.17) is 4.74 Å². The molecule has 0 aromatic carbocycles. The van der Waals surface area contributed by atoms with Gasteiger partial charge >= 0.3 is 0 Å². The summed E-state index contributed by atoms with van der Waals surface area (Å²) < 4.78 is 5.30. The second kappa shape index (κ2) is 16.3. The maximum Gasteiger partial charge on any atom is 0.190 e. The van der Waals surface area contributed by atoms with E-state index in [2.05, 4.69) is 41.4 Å². The van der Waals surface area contributed by atoms with Gasteiger partial charge in [-0.15, -0.1) is 24.0 Å². The van der Waals surface area contributed by atoms with Crippen LogP contribution < -0.4 is 10.6 Å². The van der Waals surface area contributed by atoms with Crippen molar-refractivity contribution < 1.29 is 4.74 Å². The lowest BCUT2D eigenvalue weighted by Gasteiger charge is -2.20. The van der Waals surface area contributed by atoms with Gasteiger partial charge in [0.05, 0.1) is 0 Å². The SMILES string of the molecule is CCOCCCNC(=NC)NCCCCN(C)C(C)C.I. The van der Waals surface area contributed by atoms with Gasteiger partial charge in [0.2, 0.25) is 0 Å². The van der Waals surface area contributed by atoms with E-state index in [0.29, 0.717) is 6.04 Å². The molecule has 128 valence electrons. The number of nitrogens with one attached hydrogen (secondary N) is 2. The van der Waals surface area contributed by atoms with E-state index in [0.717, 1.165) is 51.6 Å². The summed E-state index contributed by atoms with van der Waals surface area (Å²) in [4.78, 5) is 6.59. The van der Waals surface area contributed by atoms with Crippen molar-refractivity contribution in [3.8, 4) is 0 Å². The lowest BCUT2D eigenvalue weighted by molar-refractivity contribution is 0.145. The van der Waals surface area contributed by atoms with Gasteiger partial charge < -0.3 is 20.3 Å². The summed E-state index contributed by atoms with van der Waals surface area (Å²) in [6, 6.07) is 0.628. The molecule has 0 amide bonds. The number of halogens is 1. The van der Waals surface area contributed by atoms with Crippen molar-refractivity contribution in [3.63, 3.8) is 0 Å². The average molecular weight is 414 g/mol. The molecule has 0 saturated carbocycles. The normalized spacial score (nSPS) is 11.7. The molecule has 21 heavy (non-hydrogen) atoms. The van der Waals surface area contributed by atoms with Crippen molar-refractivity contribution in [1.29, 1.82) is 0 Å². The third-order valence-corrected chi connectivity index (χ3v) is 3.30. The molecule has 0 atom stereocenters. The Hall–Kier alpha value is -0.0800. The molecule has 0 aromatic heterocycles. The Morgan fingerprint density at radius 2 is 1.76 bits per heavy atom. The number of nitrogens with zero attached hydrogens (tertiary/aromatic N) is 2. The molecule has 0 spiro atoms. The van der Waals surface area contributed by atoms with E-state index >= 15 is 0 Å². The van der Waals surface area contributed by atoms with Crippen LogP contribution in [0.2, 0.25) is 0 Å². The maximum absolute atomic E-state index is 5.30. The Morgan fingerprint density at radius 3 is 2.29 bits per heavy atom. The molecule has 0 aliphatic heterocycles. The molecular formula is C15H35IN4O. The summed E-state index contributed by atoms with van der Waals surface area (Å²) in [6.45, 7) is 11.1. The minimum absolute atomic E-state index is 0. The first kappa shape index (κ1) is 23.2. The van der Waals surface area contributed by atoms with Crippen LogP contribution in [0.1, 0.15) is 40.0 Å². The number of aliphatic imine (C=N–C) groups is 1. The van der Waals surface area contributed by atoms with E-state index in [1.165, 1.54) is 6.42 Å². The molecule has 6 heteroatoms. The minimum Gasteiger partial charge on any atom is -0.382 e. The molecule has 0 aromatic rings. The first-order chi connectivity index (χ1) is 9.61. The van der Waals surface area contributed by atoms with E-state index in [1.54, 1.807) is 0 Å². The summed E-state index contributed by atoms with van der Waals surface area (Å²) in [6.07, 6.45) is 3.38. The predicted molar refractivity (Wildman–Crippen MR) is 103 cm³/mol. The van der Waals surface area contributed by atoms with Crippen LogP contribution in [-0.4, -0.2) is 63.8 Å². The topological polar surface area (TPSA) is 48.9 Å². The smallest absolute Gasteiger partial charge is 0.190 e. The molecular weight excluding hydrogens is 379 g/mol. The molecule has 2 N–H and O–H groups in total. The monoisotopic (exact) mass is 414 g/mol. The Bertz CT molecular complexity index is 250. The first-order valence-electron chi connectivity index (χ1n) is 7.84. The molecule has 0 aliphatic carbocycles. The van der Waals surface area contributed by atoms with E-state index < -0.39 is 0 Å². The zero-order valence-corrected chi connectivity index (χ0v) is 16.8. The van der Waals surface area contributed by atoms with E-state index in [1.807, 2.05) is 14.0 Å². The molecule has 0 aliphatic rings. The lowest BCUT2D eigenvalue weighted by atomic mass is 10.2. The predicted octanol–water partition coefficient (Wildman–Crippen LogP) is 2.32. The largest absolute Gasteiger partial charge is 0.382 e. The minimum atomic E-state index is 0. The Balaban J connectivity index is 0. The van der Waals surface area contributed by atoms with Gasteiger partial charge in [0, 0.05) is 39.4 Å². The fraction of sp³-hybridized carbons (Fsp3) is 0.933. The standard InChI is InChI=1S/C15H34N4O.HI/c1-6-20-13-9-11-18-15(16-4)17-10-7-8-12-19(5)14(2)3;/h14H,6-13H2,1-5H3,(H2,16,17,18);1H. The summed E-state index contributed by atoms with van der Waals surface area (Å²) >= 11 is 0. The Labute approximate surface area is 148 Å². The van der Waals surface area contributed by atoms with Crippen LogP contribution in [0.25, 0.3) is 0 Å². The van der Waals surface area contributed by atoms with Crippen LogP contribution in [0.15, 0.2) is 4.99 Å². The quantitative estimate of drug-likeness (QED) is 0.236. The van der Waals surface area contributed by atoms with E-state index in [-0.39, 0.29) is 24.0 Å². The van der Waals surface area contributed by atoms with E-state index in [9.17, 15) is 0 Å². The van der Waals surface area contributed by atoms with Crippen molar-refractivity contribution >= 4 is 29.9 Å². The van der Waals surface area contributed by atoms with Gasteiger partial charge in [-0.1, -0.05) is 0 Å². The molecule has 0 saturated heterocycles. The second-order valence-corrected chi connectivity index (χ2v) is 5.26. The van der Waals surface area contributed by atoms with Crippen molar-refractivity contribution in [3.05, 3.63) is 0 Å². The number of hydrogen-bond acceptors (Lipinski definition) is 3. The molecule has 0 heterocycles. The molecule has 0 unspecified atom stereocenters. The number of hydrogen-bond donors (Lipinski definition) is 2. The fourth-order valence-corrected chi connectivity index (χ4v) is 1.70. The van der Waals surface area contributed by atoms with Gasteiger partial charge in [-0.2, -0.15) is 0 Å². The zero-order chi connectivity index (χ0) is 15.2. The van der Waals surface area contributed by atoms with Crippen LogP contribution in [-0.2, 0) is 4.74 Å². The number of rotatable bonds is 11. The second-order valence-electron chi connectivity index (χ2n) is 5.26. The number of guanidine groups is 1. The third-order valence-electron chi connectivity index (χ3n) is 3.30. The summed E-state index contributed by atoms with van der Waals surface area (Å²) in [5.41, 5.74) is 0. The van der Waals surface area contributed by atoms with Gasteiger partial charge in [0.15, 0.2) is 5.96 Å². The first-order valence-corrected chi connectivity index (χ1v) is 7.84. The Morgan fingerprint density at radius 1 is 1.14 bits per heavy atom. The maximum atomic E-state index is 5.30. The van der Waals surface area contributed by atoms with Gasteiger partial charge in [-0.05, 0) is 53.6 Å².